The van der Waals surface area contributed by atoms with Crippen molar-refractivity contribution in [3.63, 3.8) is 0 Å². The van der Waals surface area contributed by atoms with E-state index in [0.29, 0.717) is 11.7 Å². The largest absolute Gasteiger partial charge is 0.316 e. The second-order valence-electron chi connectivity index (χ2n) is 3.05. The van der Waals surface area contributed by atoms with Crippen molar-refractivity contribution in [2.45, 2.75) is 13.8 Å². The first-order valence-electron chi connectivity index (χ1n) is 4.67. The molecule has 1 heterocycles. The van der Waals surface area contributed by atoms with Gasteiger partial charge in [-0.3, -0.25) is 4.72 Å². The average molecular weight is 249 g/mol. The zero-order chi connectivity index (χ0) is 11.3. The van der Waals surface area contributed by atoms with Crippen molar-refractivity contribution in [1.82, 2.24) is 10.3 Å². The molecule has 7 heteroatoms. The Morgan fingerprint density at radius 1 is 1.53 bits per heavy atom. The molecule has 0 atom stereocenters. The van der Waals surface area contributed by atoms with Gasteiger partial charge in [-0.25, -0.2) is 13.4 Å². The Morgan fingerprint density at radius 3 is 2.80 bits per heavy atom. The van der Waals surface area contributed by atoms with E-state index in [9.17, 15) is 8.42 Å². The first kappa shape index (κ1) is 12.4. The van der Waals surface area contributed by atoms with E-state index in [1.165, 1.54) is 11.3 Å². The van der Waals surface area contributed by atoms with Crippen molar-refractivity contribution in [2.75, 3.05) is 23.6 Å². The number of hydrogen-bond acceptors (Lipinski definition) is 5. The van der Waals surface area contributed by atoms with Gasteiger partial charge in [-0.15, -0.1) is 11.3 Å². The van der Waals surface area contributed by atoms with Crippen LogP contribution in [-0.2, 0) is 10.0 Å². The summed E-state index contributed by atoms with van der Waals surface area (Å²) in [6.07, 6.45) is 1.65. The second-order valence-corrected chi connectivity index (χ2v) is 6.13. The number of anilines is 1. The van der Waals surface area contributed by atoms with Crippen molar-refractivity contribution in [1.29, 1.82) is 0 Å². The summed E-state index contributed by atoms with van der Waals surface area (Å²) in [4.78, 5) is 4.92. The highest BCUT2D eigenvalue weighted by molar-refractivity contribution is 7.92. The zero-order valence-corrected chi connectivity index (χ0v) is 10.4. The van der Waals surface area contributed by atoms with Crippen LogP contribution in [0.25, 0.3) is 0 Å². The van der Waals surface area contributed by atoms with Crippen LogP contribution in [0.2, 0.25) is 0 Å². The van der Waals surface area contributed by atoms with Gasteiger partial charge in [0.2, 0.25) is 10.0 Å². The first-order valence-corrected chi connectivity index (χ1v) is 7.14. The fourth-order valence-electron chi connectivity index (χ4n) is 0.969. The van der Waals surface area contributed by atoms with Crippen molar-refractivity contribution in [3.05, 3.63) is 11.1 Å². The lowest BCUT2D eigenvalue weighted by atomic mass is 10.7. The maximum atomic E-state index is 11.5. The van der Waals surface area contributed by atoms with Gasteiger partial charge in [-0.05, 0) is 13.5 Å². The third kappa shape index (κ3) is 4.59. The molecule has 5 nitrogen and oxygen atoms in total. The number of hydrogen-bond donors (Lipinski definition) is 2. The highest BCUT2D eigenvalue weighted by Gasteiger charge is 2.11. The number of aromatic nitrogens is 1. The maximum Gasteiger partial charge on any atom is 0.235 e. The summed E-state index contributed by atoms with van der Waals surface area (Å²) in [5.74, 6) is 0.0689. The summed E-state index contributed by atoms with van der Waals surface area (Å²) in [6.45, 7) is 5.04. The van der Waals surface area contributed by atoms with E-state index in [-0.39, 0.29) is 5.75 Å². The molecule has 86 valence electrons. The summed E-state index contributed by atoms with van der Waals surface area (Å²) >= 11 is 1.33. The van der Waals surface area contributed by atoms with E-state index < -0.39 is 10.0 Å². The fourth-order valence-corrected chi connectivity index (χ4v) is 2.87. The minimum atomic E-state index is -3.26. The molecule has 1 aromatic heterocycles. The van der Waals surface area contributed by atoms with Gasteiger partial charge in [-0.2, -0.15) is 0 Å². The van der Waals surface area contributed by atoms with Gasteiger partial charge in [0, 0.05) is 17.6 Å². The Bertz CT molecular complexity index is 400. The van der Waals surface area contributed by atoms with Gasteiger partial charge in [0.15, 0.2) is 5.13 Å². The van der Waals surface area contributed by atoms with E-state index >= 15 is 0 Å². The molecule has 0 aliphatic heterocycles. The molecule has 0 unspecified atom stereocenters. The summed E-state index contributed by atoms with van der Waals surface area (Å²) in [5, 5.41) is 3.39. The van der Waals surface area contributed by atoms with Crippen molar-refractivity contribution >= 4 is 26.5 Å². The molecule has 2 N–H and O–H groups in total. The highest BCUT2D eigenvalue weighted by atomic mass is 32.2. The molecule has 0 aliphatic rings. The van der Waals surface area contributed by atoms with Crippen LogP contribution < -0.4 is 10.0 Å². The summed E-state index contributed by atoms with van der Waals surface area (Å²) in [7, 11) is -3.26. The number of sulfonamides is 1. The van der Waals surface area contributed by atoms with Crippen molar-refractivity contribution in [3.8, 4) is 0 Å². The van der Waals surface area contributed by atoms with Gasteiger partial charge in [-0.1, -0.05) is 6.92 Å². The molecule has 0 spiro atoms. The lowest BCUT2D eigenvalue weighted by Crippen LogP contribution is -2.26. The topological polar surface area (TPSA) is 71.1 Å². The molecule has 0 bridgehead atoms. The Kier molecular flexibility index (Phi) is 4.49. The Labute approximate surface area is 94.0 Å². The summed E-state index contributed by atoms with van der Waals surface area (Å²) in [6, 6.07) is 0. The van der Waals surface area contributed by atoms with Crippen LogP contribution in [0.3, 0.4) is 0 Å². The van der Waals surface area contributed by atoms with Crippen molar-refractivity contribution < 1.29 is 8.42 Å². The van der Waals surface area contributed by atoms with Crippen LogP contribution in [0.4, 0.5) is 5.13 Å². The van der Waals surface area contributed by atoms with E-state index in [2.05, 4.69) is 15.0 Å². The molecule has 15 heavy (non-hydrogen) atoms. The molecule has 0 radical (unpaired) electrons. The van der Waals surface area contributed by atoms with Gasteiger partial charge in [0.25, 0.3) is 0 Å². The Balaban J connectivity index is 2.49. The molecule has 0 aromatic carbocycles. The number of rotatable bonds is 6. The SMILES string of the molecule is CCNCCS(=O)(=O)Nc1ncc(C)s1. The molecule has 0 saturated carbocycles. The molecule has 1 aromatic rings. The van der Waals surface area contributed by atoms with Crippen LogP contribution >= 0.6 is 11.3 Å². The average Bonchev–Trinajstić information content (AvgIpc) is 2.50. The predicted octanol–water partition coefficient (Wildman–Crippen LogP) is 0.803. The van der Waals surface area contributed by atoms with Gasteiger partial charge in [0.1, 0.15) is 0 Å². The minimum Gasteiger partial charge on any atom is -0.316 e. The van der Waals surface area contributed by atoms with Crippen LogP contribution in [0, 0.1) is 6.92 Å². The summed E-state index contributed by atoms with van der Waals surface area (Å²) < 4.78 is 25.4. The second kappa shape index (κ2) is 5.43. The standard InChI is InChI=1S/C8H15N3O2S2/c1-3-9-4-5-15(12,13)11-8-10-6-7(2)14-8/h6,9H,3-5H2,1-2H3,(H,10,11). The summed E-state index contributed by atoms with van der Waals surface area (Å²) in [5.41, 5.74) is 0. The smallest absolute Gasteiger partial charge is 0.235 e. The Hall–Kier alpha value is -0.660. The van der Waals surface area contributed by atoms with Crippen LogP contribution in [-0.4, -0.2) is 32.2 Å². The van der Waals surface area contributed by atoms with E-state index in [4.69, 9.17) is 0 Å². The lowest BCUT2D eigenvalue weighted by molar-refractivity contribution is 0.597. The molecular weight excluding hydrogens is 234 g/mol. The van der Waals surface area contributed by atoms with Crippen LogP contribution in [0.15, 0.2) is 6.20 Å². The number of nitrogens with zero attached hydrogens (tertiary/aromatic N) is 1. The lowest BCUT2D eigenvalue weighted by Gasteiger charge is -2.04. The third-order valence-corrected chi connectivity index (χ3v) is 3.86. The number of aryl methyl sites for hydroxylation is 1. The minimum absolute atomic E-state index is 0.0689. The number of thiazole rings is 1. The molecular formula is C8H15N3O2S2. The highest BCUT2D eigenvalue weighted by Crippen LogP contribution is 2.17. The molecule has 0 amide bonds. The molecule has 0 aliphatic carbocycles. The third-order valence-electron chi connectivity index (χ3n) is 1.66. The van der Waals surface area contributed by atoms with E-state index in [1.54, 1.807) is 6.20 Å². The predicted molar refractivity (Wildman–Crippen MR) is 62.8 cm³/mol. The van der Waals surface area contributed by atoms with Gasteiger partial charge < -0.3 is 5.32 Å². The zero-order valence-electron chi connectivity index (χ0n) is 8.78. The monoisotopic (exact) mass is 249 g/mol. The van der Waals surface area contributed by atoms with Crippen molar-refractivity contribution in [2.24, 2.45) is 0 Å². The van der Waals surface area contributed by atoms with E-state index in [0.717, 1.165) is 11.4 Å². The fraction of sp³-hybridized carbons (Fsp3) is 0.625. The van der Waals surface area contributed by atoms with Gasteiger partial charge >= 0.3 is 0 Å². The number of nitrogens with one attached hydrogen (secondary N) is 2. The van der Waals surface area contributed by atoms with E-state index in [1.807, 2.05) is 13.8 Å². The molecule has 1 rings (SSSR count). The molecule has 0 saturated heterocycles. The van der Waals surface area contributed by atoms with Gasteiger partial charge in [0.05, 0.1) is 5.75 Å². The maximum absolute atomic E-state index is 11.5. The van der Waals surface area contributed by atoms with Crippen LogP contribution in [0.5, 0.6) is 0 Å². The van der Waals surface area contributed by atoms with Crippen LogP contribution in [0.1, 0.15) is 11.8 Å². The Morgan fingerprint density at radius 2 is 2.27 bits per heavy atom. The first-order chi connectivity index (χ1) is 7.03. The normalized spacial score (nSPS) is 11.6. The molecule has 0 fully saturated rings. The quantitative estimate of drug-likeness (QED) is 0.732.